The van der Waals surface area contributed by atoms with Crippen molar-refractivity contribution < 1.29 is 30.3 Å². The third kappa shape index (κ3) is 3.37. The maximum atomic E-state index is 9.65. The fourth-order valence-corrected chi connectivity index (χ4v) is 1.97. The van der Waals surface area contributed by atoms with Crippen LogP contribution in [-0.2, 0) is 4.74 Å². The first-order chi connectivity index (χ1) is 8.00. The van der Waals surface area contributed by atoms with Gasteiger partial charge in [-0.15, -0.1) is 0 Å². The number of unbranched alkanes of at least 4 members (excludes halogenated alkanes) is 2. The highest BCUT2D eigenvalue weighted by atomic mass is 16.5. The van der Waals surface area contributed by atoms with Gasteiger partial charge in [0, 0.05) is 6.61 Å². The lowest BCUT2D eigenvalue weighted by Gasteiger charge is -2.41. The van der Waals surface area contributed by atoms with E-state index in [1.54, 1.807) is 0 Å². The summed E-state index contributed by atoms with van der Waals surface area (Å²) in [5.41, 5.74) is 0. The van der Waals surface area contributed by atoms with Gasteiger partial charge in [-0.05, 0) is 6.42 Å². The summed E-state index contributed by atoms with van der Waals surface area (Å²) in [4.78, 5) is 0. The van der Waals surface area contributed by atoms with Crippen LogP contribution in [0.5, 0.6) is 0 Å². The standard InChI is InChI=1S/C11H22O6/c1-2-3-4-5-17-11-9(15)7(13)6(12)8(14)10(11)16/h6-16H,2-5H2,1H3/t6-,7-,8+,9-,10-,11-/m0/s1. The molecule has 102 valence electrons. The van der Waals surface area contributed by atoms with Crippen molar-refractivity contribution in [1.82, 2.24) is 0 Å². The number of aliphatic hydroxyl groups excluding tert-OH is 5. The van der Waals surface area contributed by atoms with E-state index in [1.807, 2.05) is 6.92 Å². The molecule has 0 bridgehead atoms. The summed E-state index contributed by atoms with van der Waals surface area (Å²) in [6, 6.07) is 0. The van der Waals surface area contributed by atoms with Gasteiger partial charge in [0.2, 0.25) is 0 Å². The van der Waals surface area contributed by atoms with E-state index in [9.17, 15) is 25.5 Å². The Labute approximate surface area is 100 Å². The summed E-state index contributed by atoms with van der Waals surface area (Å²) in [6.07, 6.45) is -5.68. The van der Waals surface area contributed by atoms with Crippen LogP contribution in [0.2, 0.25) is 0 Å². The van der Waals surface area contributed by atoms with Crippen LogP contribution in [0.4, 0.5) is 0 Å². The number of hydrogen-bond acceptors (Lipinski definition) is 6. The Morgan fingerprint density at radius 1 is 0.765 bits per heavy atom. The minimum absolute atomic E-state index is 0.335. The summed E-state index contributed by atoms with van der Waals surface area (Å²) in [7, 11) is 0. The molecule has 0 aromatic heterocycles. The van der Waals surface area contributed by atoms with Crippen molar-refractivity contribution >= 4 is 0 Å². The molecule has 0 unspecified atom stereocenters. The first kappa shape index (κ1) is 14.8. The lowest BCUT2D eigenvalue weighted by Crippen LogP contribution is -2.64. The van der Waals surface area contributed by atoms with Gasteiger partial charge in [-0.2, -0.15) is 0 Å². The number of rotatable bonds is 5. The quantitative estimate of drug-likeness (QED) is 0.375. The predicted molar refractivity (Wildman–Crippen MR) is 59.3 cm³/mol. The Bertz CT molecular complexity index is 208. The molecule has 1 fully saturated rings. The Hall–Kier alpha value is -0.240. The molecule has 0 spiro atoms. The molecule has 6 nitrogen and oxygen atoms in total. The minimum atomic E-state index is -1.56. The second-order valence-corrected chi connectivity index (χ2v) is 4.50. The third-order valence-electron chi connectivity index (χ3n) is 3.13. The van der Waals surface area contributed by atoms with Crippen LogP contribution in [0.15, 0.2) is 0 Å². The van der Waals surface area contributed by atoms with Gasteiger partial charge in [0.05, 0.1) is 0 Å². The normalized spacial score (nSPS) is 42.7. The van der Waals surface area contributed by atoms with Crippen LogP contribution in [0.25, 0.3) is 0 Å². The van der Waals surface area contributed by atoms with Crippen molar-refractivity contribution in [3.8, 4) is 0 Å². The van der Waals surface area contributed by atoms with E-state index in [1.165, 1.54) is 0 Å². The molecule has 6 atom stereocenters. The molecule has 1 aliphatic rings. The average molecular weight is 250 g/mol. The molecule has 0 aromatic carbocycles. The van der Waals surface area contributed by atoms with Crippen molar-refractivity contribution in [3.63, 3.8) is 0 Å². The van der Waals surface area contributed by atoms with Crippen molar-refractivity contribution in [2.75, 3.05) is 6.61 Å². The van der Waals surface area contributed by atoms with E-state index in [0.29, 0.717) is 6.61 Å². The van der Waals surface area contributed by atoms with Crippen LogP contribution >= 0.6 is 0 Å². The first-order valence-electron chi connectivity index (χ1n) is 6.02. The molecule has 1 rings (SSSR count). The van der Waals surface area contributed by atoms with Crippen LogP contribution in [-0.4, -0.2) is 68.8 Å². The van der Waals surface area contributed by atoms with Gasteiger partial charge in [-0.3, -0.25) is 0 Å². The summed E-state index contributed by atoms with van der Waals surface area (Å²) in [5, 5.41) is 47.5. The molecular weight excluding hydrogens is 228 g/mol. The highest BCUT2D eigenvalue weighted by Crippen LogP contribution is 2.24. The molecule has 0 amide bonds. The van der Waals surface area contributed by atoms with Gasteiger partial charge in [0.1, 0.15) is 36.6 Å². The number of hydrogen-bond donors (Lipinski definition) is 5. The lowest BCUT2D eigenvalue weighted by molar-refractivity contribution is -0.235. The molecule has 0 saturated heterocycles. The van der Waals surface area contributed by atoms with Gasteiger partial charge < -0.3 is 30.3 Å². The topological polar surface area (TPSA) is 110 Å². The Morgan fingerprint density at radius 3 is 1.71 bits per heavy atom. The van der Waals surface area contributed by atoms with Gasteiger partial charge in [0.25, 0.3) is 0 Å². The van der Waals surface area contributed by atoms with Crippen molar-refractivity contribution in [3.05, 3.63) is 0 Å². The Kier molecular flexibility index (Phi) is 5.78. The van der Waals surface area contributed by atoms with Crippen molar-refractivity contribution in [2.45, 2.75) is 62.8 Å². The zero-order valence-electron chi connectivity index (χ0n) is 9.94. The first-order valence-corrected chi connectivity index (χ1v) is 6.02. The number of aliphatic hydroxyl groups is 5. The van der Waals surface area contributed by atoms with E-state index in [-0.39, 0.29) is 0 Å². The zero-order chi connectivity index (χ0) is 13.0. The van der Waals surface area contributed by atoms with Crippen LogP contribution < -0.4 is 0 Å². The minimum Gasteiger partial charge on any atom is -0.387 e. The van der Waals surface area contributed by atoms with Gasteiger partial charge in [-0.25, -0.2) is 0 Å². The Morgan fingerprint density at radius 2 is 1.24 bits per heavy atom. The Balaban J connectivity index is 2.51. The van der Waals surface area contributed by atoms with E-state index in [2.05, 4.69) is 0 Å². The largest absolute Gasteiger partial charge is 0.387 e. The molecule has 6 heteroatoms. The predicted octanol–water partition coefficient (Wildman–Crippen LogP) is -1.62. The smallest absolute Gasteiger partial charge is 0.114 e. The summed E-state index contributed by atoms with van der Waals surface area (Å²) >= 11 is 0. The SMILES string of the molecule is CCCCCO[C@@H]1[C@@H](O)[C@H](O)[C@@H](O)[C@H](O)[C@@H]1O. The second kappa shape index (κ2) is 6.63. The molecule has 0 aromatic rings. The molecule has 17 heavy (non-hydrogen) atoms. The summed E-state index contributed by atoms with van der Waals surface area (Å²) in [5.74, 6) is 0. The maximum Gasteiger partial charge on any atom is 0.114 e. The number of ether oxygens (including phenoxy) is 1. The highest BCUT2D eigenvalue weighted by molar-refractivity contribution is 4.99. The summed E-state index contributed by atoms with van der Waals surface area (Å²) in [6.45, 7) is 2.37. The fraction of sp³-hybridized carbons (Fsp3) is 1.00. The van der Waals surface area contributed by atoms with Crippen molar-refractivity contribution in [1.29, 1.82) is 0 Å². The van der Waals surface area contributed by atoms with E-state index in [4.69, 9.17) is 4.74 Å². The molecule has 5 N–H and O–H groups in total. The second-order valence-electron chi connectivity index (χ2n) is 4.50. The highest BCUT2D eigenvalue weighted by Gasteiger charge is 2.48. The third-order valence-corrected chi connectivity index (χ3v) is 3.13. The molecular formula is C11H22O6. The average Bonchev–Trinajstić information content (AvgIpc) is 2.33. The van der Waals surface area contributed by atoms with E-state index in [0.717, 1.165) is 19.3 Å². The fourth-order valence-electron chi connectivity index (χ4n) is 1.97. The maximum absolute atomic E-state index is 9.65. The monoisotopic (exact) mass is 250 g/mol. The van der Waals surface area contributed by atoms with Crippen LogP contribution in [0.1, 0.15) is 26.2 Å². The van der Waals surface area contributed by atoms with Gasteiger partial charge in [0.15, 0.2) is 0 Å². The zero-order valence-corrected chi connectivity index (χ0v) is 9.94. The van der Waals surface area contributed by atoms with Crippen LogP contribution in [0.3, 0.4) is 0 Å². The molecule has 0 aliphatic heterocycles. The lowest BCUT2D eigenvalue weighted by atomic mass is 9.85. The summed E-state index contributed by atoms with van der Waals surface area (Å²) < 4.78 is 5.27. The van der Waals surface area contributed by atoms with Gasteiger partial charge in [-0.1, -0.05) is 19.8 Å². The molecule has 1 aliphatic carbocycles. The molecule has 0 heterocycles. The van der Waals surface area contributed by atoms with E-state index < -0.39 is 36.6 Å². The molecule has 1 saturated carbocycles. The van der Waals surface area contributed by atoms with Crippen molar-refractivity contribution in [2.24, 2.45) is 0 Å². The molecule has 0 radical (unpaired) electrons. The van der Waals surface area contributed by atoms with Crippen LogP contribution in [0, 0.1) is 0 Å². The van der Waals surface area contributed by atoms with E-state index >= 15 is 0 Å². The van der Waals surface area contributed by atoms with Gasteiger partial charge >= 0.3 is 0 Å².